The van der Waals surface area contributed by atoms with E-state index in [-0.39, 0.29) is 5.91 Å². The molecule has 0 bridgehead atoms. The quantitative estimate of drug-likeness (QED) is 0.771. The Morgan fingerprint density at radius 3 is 2.77 bits per heavy atom. The zero-order valence-corrected chi connectivity index (χ0v) is 12.3. The first kappa shape index (κ1) is 14.3. The molecule has 0 spiro atoms. The van der Waals surface area contributed by atoms with Crippen molar-refractivity contribution in [1.29, 1.82) is 0 Å². The first-order valence-electron chi connectivity index (χ1n) is 6.53. The molecule has 1 aromatic carbocycles. The summed E-state index contributed by atoms with van der Waals surface area (Å²) in [5.74, 6) is 0.461. The van der Waals surface area contributed by atoms with Crippen molar-refractivity contribution >= 4 is 17.5 Å². The first-order chi connectivity index (χ1) is 10.6. The van der Waals surface area contributed by atoms with Crippen LogP contribution in [0.3, 0.4) is 0 Å². The van der Waals surface area contributed by atoms with Gasteiger partial charge in [-0.1, -0.05) is 16.8 Å². The van der Waals surface area contributed by atoms with E-state index in [4.69, 9.17) is 16.1 Å². The number of halogens is 1. The van der Waals surface area contributed by atoms with Crippen LogP contribution in [0.4, 0.5) is 0 Å². The van der Waals surface area contributed by atoms with Crippen LogP contribution in [0, 0.1) is 0 Å². The largest absolute Gasteiger partial charge is 0.339 e. The zero-order valence-electron chi connectivity index (χ0n) is 11.6. The summed E-state index contributed by atoms with van der Waals surface area (Å²) in [6.45, 7) is 1.76. The molecular formula is C14H12ClN5O2. The van der Waals surface area contributed by atoms with Gasteiger partial charge >= 0.3 is 0 Å². The number of amides is 1. The molecule has 2 N–H and O–H groups in total. The Hall–Kier alpha value is -2.67. The molecule has 2 aromatic heterocycles. The van der Waals surface area contributed by atoms with Crippen molar-refractivity contribution < 1.29 is 9.32 Å². The SMILES string of the molecule is C[C@H](NC(=O)c1ccn[nH]1)c1nc(-c2ccc(Cl)cc2)no1. The number of nitrogens with one attached hydrogen (secondary N) is 2. The molecule has 0 fully saturated rings. The molecule has 112 valence electrons. The Morgan fingerprint density at radius 1 is 1.32 bits per heavy atom. The van der Waals surface area contributed by atoms with E-state index in [2.05, 4.69) is 25.7 Å². The van der Waals surface area contributed by atoms with Crippen molar-refractivity contribution in [3.63, 3.8) is 0 Å². The van der Waals surface area contributed by atoms with E-state index in [0.717, 1.165) is 5.56 Å². The fourth-order valence-corrected chi connectivity index (χ4v) is 1.97. The highest BCUT2D eigenvalue weighted by molar-refractivity contribution is 6.30. The molecule has 8 heteroatoms. The predicted molar refractivity (Wildman–Crippen MR) is 79.2 cm³/mol. The maximum absolute atomic E-state index is 11.9. The fourth-order valence-electron chi connectivity index (χ4n) is 1.85. The molecule has 0 radical (unpaired) electrons. The number of H-pyrrole nitrogens is 1. The van der Waals surface area contributed by atoms with Crippen LogP contribution < -0.4 is 5.32 Å². The van der Waals surface area contributed by atoms with Gasteiger partial charge in [0.1, 0.15) is 11.7 Å². The number of hydrogen-bond acceptors (Lipinski definition) is 5. The standard InChI is InChI=1S/C14H12ClN5O2/c1-8(17-13(21)11-6-7-16-19-11)14-18-12(20-22-14)9-2-4-10(15)5-3-9/h2-8H,1H3,(H,16,19)(H,17,21)/t8-/m0/s1. The molecule has 0 aliphatic heterocycles. The number of aromatic nitrogens is 4. The number of hydrogen-bond donors (Lipinski definition) is 2. The lowest BCUT2D eigenvalue weighted by molar-refractivity contribution is 0.0927. The molecule has 1 amide bonds. The summed E-state index contributed by atoms with van der Waals surface area (Å²) in [7, 11) is 0. The van der Waals surface area contributed by atoms with Crippen LogP contribution in [-0.4, -0.2) is 26.2 Å². The van der Waals surface area contributed by atoms with Crippen LogP contribution in [0.5, 0.6) is 0 Å². The molecule has 22 heavy (non-hydrogen) atoms. The maximum Gasteiger partial charge on any atom is 0.269 e. The lowest BCUT2D eigenvalue weighted by atomic mass is 10.2. The normalized spacial score (nSPS) is 12.1. The highest BCUT2D eigenvalue weighted by atomic mass is 35.5. The first-order valence-corrected chi connectivity index (χ1v) is 6.91. The molecule has 7 nitrogen and oxygen atoms in total. The number of carbonyl (C=O) groups is 1. The molecule has 0 unspecified atom stereocenters. The van der Waals surface area contributed by atoms with Gasteiger partial charge in [0.15, 0.2) is 0 Å². The predicted octanol–water partition coefficient (Wildman–Crippen LogP) is 2.60. The van der Waals surface area contributed by atoms with Gasteiger partial charge < -0.3 is 9.84 Å². The Morgan fingerprint density at radius 2 is 2.09 bits per heavy atom. The van der Waals surface area contributed by atoms with E-state index < -0.39 is 6.04 Å². The smallest absolute Gasteiger partial charge is 0.269 e. The molecule has 3 rings (SSSR count). The van der Waals surface area contributed by atoms with Crippen molar-refractivity contribution in [3.8, 4) is 11.4 Å². The Bertz CT molecular complexity index is 767. The van der Waals surface area contributed by atoms with E-state index in [9.17, 15) is 4.79 Å². The van der Waals surface area contributed by atoms with Gasteiger partial charge in [0.2, 0.25) is 11.7 Å². The van der Waals surface area contributed by atoms with E-state index in [1.165, 1.54) is 6.20 Å². The molecular weight excluding hydrogens is 306 g/mol. The summed E-state index contributed by atoms with van der Waals surface area (Å²) in [5, 5.41) is 13.6. The van der Waals surface area contributed by atoms with Crippen molar-refractivity contribution in [2.45, 2.75) is 13.0 Å². The lowest BCUT2D eigenvalue weighted by Gasteiger charge is -2.07. The minimum atomic E-state index is -0.427. The van der Waals surface area contributed by atoms with Crippen LogP contribution in [0.2, 0.25) is 5.02 Å². The fraction of sp³-hybridized carbons (Fsp3) is 0.143. The van der Waals surface area contributed by atoms with Crippen molar-refractivity contribution in [2.75, 3.05) is 0 Å². The number of rotatable bonds is 4. The Labute approximate surface area is 130 Å². The van der Waals surface area contributed by atoms with E-state index in [1.54, 1.807) is 37.3 Å². The Balaban J connectivity index is 1.73. The molecule has 0 saturated heterocycles. The van der Waals surface area contributed by atoms with Crippen molar-refractivity contribution in [2.24, 2.45) is 0 Å². The van der Waals surface area contributed by atoms with Gasteiger partial charge in [0.05, 0.1) is 0 Å². The second-order valence-electron chi connectivity index (χ2n) is 4.63. The molecule has 0 aliphatic rings. The summed E-state index contributed by atoms with van der Waals surface area (Å²) >= 11 is 5.84. The van der Waals surface area contributed by atoms with Crippen LogP contribution in [0.15, 0.2) is 41.1 Å². The third-order valence-electron chi connectivity index (χ3n) is 3.01. The van der Waals surface area contributed by atoms with Gasteiger partial charge in [-0.25, -0.2) is 0 Å². The minimum Gasteiger partial charge on any atom is -0.339 e. The van der Waals surface area contributed by atoms with Gasteiger partial charge in [-0.3, -0.25) is 9.89 Å². The van der Waals surface area contributed by atoms with Gasteiger partial charge in [-0.15, -0.1) is 0 Å². The van der Waals surface area contributed by atoms with E-state index >= 15 is 0 Å². The topological polar surface area (TPSA) is 96.7 Å². The van der Waals surface area contributed by atoms with Crippen LogP contribution in [-0.2, 0) is 0 Å². The maximum atomic E-state index is 11.9. The van der Waals surface area contributed by atoms with Gasteiger partial charge in [0, 0.05) is 16.8 Å². The van der Waals surface area contributed by atoms with Gasteiger partial charge in [0.25, 0.3) is 5.91 Å². The van der Waals surface area contributed by atoms with E-state index in [1.807, 2.05) is 0 Å². The minimum absolute atomic E-state index is 0.295. The molecule has 3 aromatic rings. The highest BCUT2D eigenvalue weighted by Gasteiger charge is 2.18. The number of nitrogens with zero attached hydrogens (tertiary/aromatic N) is 3. The highest BCUT2D eigenvalue weighted by Crippen LogP contribution is 2.20. The molecule has 2 heterocycles. The monoisotopic (exact) mass is 317 g/mol. The van der Waals surface area contributed by atoms with Gasteiger partial charge in [-0.2, -0.15) is 10.1 Å². The average Bonchev–Trinajstić information content (AvgIpc) is 3.20. The number of benzene rings is 1. The molecule has 1 atom stereocenters. The summed E-state index contributed by atoms with van der Waals surface area (Å²) in [5.41, 5.74) is 1.15. The third-order valence-corrected chi connectivity index (χ3v) is 3.26. The van der Waals surface area contributed by atoms with Crippen LogP contribution in [0.25, 0.3) is 11.4 Å². The third kappa shape index (κ3) is 2.99. The molecule has 0 saturated carbocycles. The number of carbonyl (C=O) groups excluding carboxylic acids is 1. The van der Waals surface area contributed by atoms with E-state index in [0.29, 0.717) is 22.4 Å². The van der Waals surface area contributed by atoms with Crippen molar-refractivity contribution in [3.05, 3.63) is 53.1 Å². The Kier molecular flexibility index (Phi) is 3.88. The van der Waals surface area contributed by atoms with Crippen molar-refractivity contribution in [1.82, 2.24) is 25.7 Å². The lowest BCUT2D eigenvalue weighted by Crippen LogP contribution is -2.27. The van der Waals surface area contributed by atoms with Crippen LogP contribution in [0.1, 0.15) is 29.3 Å². The molecule has 0 aliphatic carbocycles. The zero-order chi connectivity index (χ0) is 15.5. The second kappa shape index (κ2) is 5.98. The van der Waals surface area contributed by atoms with Gasteiger partial charge in [-0.05, 0) is 37.3 Å². The summed E-state index contributed by atoms with van der Waals surface area (Å²) in [4.78, 5) is 16.2. The summed E-state index contributed by atoms with van der Waals surface area (Å²) in [6.07, 6.45) is 1.50. The number of aromatic amines is 1. The summed E-state index contributed by atoms with van der Waals surface area (Å²) < 4.78 is 5.19. The average molecular weight is 318 g/mol. The second-order valence-corrected chi connectivity index (χ2v) is 5.07. The van der Waals surface area contributed by atoms with Crippen LogP contribution >= 0.6 is 11.6 Å². The summed E-state index contributed by atoms with van der Waals surface area (Å²) in [6, 6.07) is 8.24.